The SMILES string of the molecule is N[C@H](Cc1ccccc1)[C@H](O)C(=O)N[C@@H](C(=O)O)c1ccc(Br)c(OC(F)(F)F)c1. The lowest BCUT2D eigenvalue weighted by atomic mass is 10.0. The lowest BCUT2D eigenvalue weighted by Crippen LogP contribution is -2.49. The second-order valence-corrected chi connectivity index (χ2v) is 7.17. The number of carbonyl (C=O) groups excluding carboxylic acids is 1. The molecule has 0 fully saturated rings. The molecule has 2 rings (SSSR count). The van der Waals surface area contributed by atoms with Crippen molar-refractivity contribution in [3.8, 4) is 5.75 Å². The number of benzene rings is 2. The molecule has 2 aromatic carbocycles. The van der Waals surface area contributed by atoms with Crippen molar-refractivity contribution in [2.24, 2.45) is 5.73 Å². The number of hydrogen-bond acceptors (Lipinski definition) is 5. The predicted molar refractivity (Wildman–Crippen MR) is 103 cm³/mol. The number of nitrogens with two attached hydrogens (primary N) is 1. The van der Waals surface area contributed by atoms with E-state index in [4.69, 9.17) is 5.73 Å². The summed E-state index contributed by atoms with van der Waals surface area (Å²) in [7, 11) is 0. The van der Waals surface area contributed by atoms with Gasteiger partial charge >= 0.3 is 12.3 Å². The van der Waals surface area contributed by atoms with Gasteiger partial charge in [0.15, 0.2) is 6.04 Å². The van der Waals surface area contributed by atoms with E-state index in [2.05, 4.69) is 26.0 Å². The summed E-state index contributed by atoms with van der Waals surface area (Å²) in [5, 5.41) is 21.7. The fourth-order valence-corrected chi connectivity index (χ4v) is 2.94. The van der Waals surface area contributed by atoms with Gasteiger partial charge in [-0.1, -0.05) is 36.4 Å². The van der Waals surface area contributed by atoms with Crippen LogP contribution in [0.25, 0.3) is 0 Å². The molecule has 0 saturated carbocycles. The van der Waals surface area contributed by atoms with Crippen LogP contribution in [-0.4, -0.2) is 40.6 Å². The van der Waals surface area contributed by atoms with E-state index in [0.717, 1.165) is 17.7 Å². The molecule has 5 N–H and O–H groups in total. The second-order valence-electron chi connectivity index (χ2n) is 6.32. The van der Waals surface area contributed by atoms with E-state index in [0.29, 0.717) is 0 Å². The van der Waals surface area contributed by atoms with Gasteiger partial charge in [0.1, 0.15) is 11.9 Å². The van der Waals surface area contributed by atoms with Gasteiger partial charge < -0.3 is 26.0 Å². The van der Waals surface area contributed by atoms with E-state index < -0.39 is 42.2 Å². The van der Waals surface area contributed by atoms with Crippen molar-refractivity contribution in [3.63, 3.8) is 0 Å². The zero-order chi connectivity index (χ0) is 22.5. The summed E-state index contributed by atoms with van der Waals surface area (Å²) in [6.07, 6.45) is -6.59. The van der Waals surface area contributed by atoms with Crippen LogP contribution in [0.3, 0.4) is 0 Å². The standard InChI is InChI=1S/C19H18BrF3N2O5/c20-12-7-6-11(9-14(12)30-19(21,22)23)15(18(28)29)25-17(27)16(26)13(24)8-10-4-2-1-3-5-10/h1-7,9,13,15-16,26H,8,24H2,(H,25,27)(H,28,29)/t13-,15-,16+/m1/s1. The van der Waals surface area contributed by atoms with Gasteiger partial charge in [-0.3, -0.25) is 4.79 Å². The highest BCUT2D eigenvalue weighted by Crippen LogP contribution is 2.33. The average molecular weight is 491 g/mol. The van der Waals surface area contributed by atoms with Gasteiger partial charge in [-0.2, -0.15) is 0 Å². The molecule has 0 spiro atoms. The van der Waals surface area contributed by atoms with Crippen molar-refractivity contribution in [1.82, 2.24) is 5.32 Å². The maximum atomic E-state index is 12.5. The number of alkyl halides is 3. The molecule has 11 heteroatoms. The number of carboxylic acid groups (broad SMARTS) is 1. The van der Waals surface area contributed by atoms with E-state index in [1.54, 1.807) is 30.3 Å². The van der Waals surface area contributed by atoms with E-state index >= 15 is 0 Å². The Bertz CT molecular complexity index is 895. The molecule has 0 radical (unpaired) electrons. The van der Waals surface area contributed by atoms with Gasteiger partial charge in [0.05, 0.1) is 4.47 Å². The van der Waals surface area contributed by atoms with E-state index in [1.165, 1.54) is 6.07 Å². The number of aliphatic carboxylic acids is 1. The molecular formula is C19H18BrF3N2O5. The van der Waals surface area contributed by atoms with Crippen molar-refractivity contribution >= 4 is 27.8 Å². The van der Waals surface area contributed by atoms with Crippen LogP contribution in [0.4, 0.5) is 13.2 Å². The number of carboxylic acids is 1. The number of aliphatic hydroxyl groups is 1. The van der Waals surface area contributed by atoms with Crippen LogP contribution in [-0.2, 0) is 16.0 Å². The monoisotopic (exact) mass is 490 g/mol. The van der Waals surface area contributed by atoms with Crippen molar-refractivity contribution < 1.29 is 37.7 Å². The van der Waals surface area contributed by atoms with Gasteiger partial charge in [-0.25, -0.2) is 4.79 Å². The molecule has 1 amide bonds. The third-order valence-corrected chi connectivity index (χ3v) is 4.69. The highest BCUT2D eigenvalue weighted by atomic mass is 79.9. The molecule has 162 valence electrons. The largest absolute Gasteiger partial charge is 0.573 e. The average Bonchev–Trinajstić information content (AvgIpc) is 2.66. The third-order valence-electron chi connectivity index (χ3n) is 4.04. The zero-order valence-electron chi connectivity index (χ0n) is 15.3. The number of amides is 1. The Hall–Kier alpha value is -2.63. The molecule has 0 aliphatic carbocycles. The highest BCUT2D eigenvalue weighted by Gasteiger charge is 2.33. The Morgan fingerprint density at radius 3 is 2.37 bits per heavy atom. The van der Waals surface area contributed by atoms with Gasteiger partial charge in [0.2, 0.25) is 0 Å². The molecule has 7 nitrogen and oxygen atoms in total. The first kappa shape index (κ1) is 23.6. The quantitative estimate of drug-likeness (QED) is 0.451. The normalized spacial score (nSPS) is 14.5. The summed E-state index contributed by atoms with van der Waals surface area (Å²) >= 11 is 2.88. The van der Waals surface area contributed by atoms with Crippen molar-refractivity contribution in [3.05, 3.63) is 64.1 Å². The van der Waals surface area contributed by atoms with E-state index in [1.807, 2.05) is 0 Å². The minimum absolute atomic E-state index is 0.0658. The molecule has 0 saturated heterocycles. The number of halogens is 4. The number of aliphatic hydroxyl groups excluding tert-OH is 1. The fourth-order valence-electron chi connectivity index (χ4n) is 2.61. The van der Waals surface area contributed by atoms with Crippen molar-refractivity contribution in [2.75, 3.05) is 0 Å². The number of nitrogens with one attached hydrogen (secondary N) is 1. The van der Waals surface area contributed by atoms with Crippen LogP contribution < -0.4 is 15.8 Å². The van der Waals surface area contributed by atoms with Crippen LogP contribution in [0, 0.1) is 0 Å². The lowest BCUT2D eigenvalue weighted by molar-refractivity contribution is -0.274. The molecule has 2 aromatic rings. The molecule has 0 aromatic heterocycles. The second kappa shape index (κ2) is 9.92. The Kier molecular flexibility index (Phi) is 7.82. The summed E-state index contributed by atoms with van der Waals surface area (Å²) in [5.41, 5.74) is 6.41. The predicted octanol–water partition coefficient (Wildman–Crippen LogP) is 2.52. The van der Waals surface area contributed by atoms with Crippen LogP contribution in [0.15, 0.2) is 53.0 Å². The van der Waals surface area contributed by atoms with E-state index in [-0.39, 0.29) is 16.5 Å². The van der Waals surface area contributed by atoms with E-state index in [9.17, 15) is 33.0 Å². The molecule has 0 aliphatic rings. The molecule has 30 heavy (non-hydrogen) atoms. The van der Waals surface area contributed by atoms with Gasteiger partial charge in [-0.05, 0) is 45.6 Å². The number of ether oxygens (including phenoxy) is 1. The summed E-state index contributed by atoms with van der Waals surface area (Å²) < 4.78 is 41.3. The molecule has 0 unspecified atom stereocenters. The maximum absolute atomic E-state index is 12.5. The van der Waals surface area contributed by atoms with Crippen LogP contribution in [0.1, 0.15) is 17.2 Å². The van der Waals surface area contributed by atoms with Crippen molar-refractivity contribution in [2.45, 2.75) is 31.0 Å². The van der Waals surface area contributed by atoms with Crippen LogP contribution in [0.2, 0.25) is 0 Å². The minimum atomic E-state index is -5.00. The molecule has 3 atom stereocenters. The van der Waals surface area contributed by atoms with Crippen LogP contribution in [0.5, 0.6) is 5.75 Å². The molecule has 0 aliphatic heterocycles. The smallest absolute Gasteiger partial charge is 0.479 e. The molecule has 0 heterocycles. The van der Waals surface area contributed by atoms with Gasteiger partial charge in [0.25, 0.3) is 5.91 Å². The first-order chi connectivity index (χ1) is 14.0. The number of carbonyl (C=O) groups is 2. The number of rotatable bonds is 8. The molecule has 0 bridgehead atoms. The first-order valence-corrected chi connectivity index (χ1v) is 9.33. The van der Waals surface area contributed by atoms with Gasteiger partial charge in [-0.15, -0.1) is 13.2 Å². The van der Waals surface area contributed by atoms with Gasteiger partial charge in [0, 0.05) is 6.04 Å². The Morgan fingerprint density at radius 2 is 1.80 bits per heavy atom. The summed E-state index contributed by atoms with van der Waals surface area (Å²) in [5.74, 6) is -3.30. The maximum Gasteiger partial charge on any atom is 0.573 e. The lowest BCUT2D eigenvalue weighted by Gasteiger charge is -2.22. The highest BCUT2D eigenvalue weighted by molar-refractivity contribution is 9.10. The Labute approximate surface area is 177 Å². The minimum Gasteiger partial charge on any atom is -0.479 e. The first-order valence-electron chi connectivity index (χ1n) is 8.54. The topological polar surface area (TPSA) is 122 Å². The van der Waals surface area contributed by atoms with Crippen LogP contribution >= 0.6 is 15.9 Å². The Morgan fingerprint density at radius 1 is 1.17 bits per heavy atom. The molecular weight excluding hydrogens is 473 g/mol. The van der Waals surface area contributed by atoms with Crippen molar-refractivity contribution in [1.29, 1.82) is 0 Å². The summed E-state index contributed by atoms with van der Waals surface area (Å²) in [6.45, 7) is 0. The third kappa shape index (κ3) is 6.71. The Balaban J connectivity index is 2.16. The fraction of sp³-hybridized carbons (Fsp3) is 0.263. The number of hydrogen-bond donors (Lipinski definition) is 4. The summed E-state index contributed by atoms with van der Waals surface area (Å²) in [6, 6.07) is 9.18. The zero-order valence-corrected chi connectivity index (χ0v) is 16.9. The summed E-state index contributed by atoms with van der Waals surface area (Å²) in [4.78, 5) is 23.9.